The van der Waals surface area contributed by atoms with Gasteiger partial charge in [-0.2, -0.15) is 0 Å². The molecule has 0 aromatic rings. The lowest BCUT2D eigenvalue weighted by Gasteiger charge is -2.25. The molecule has 7 nitrogen and oxygen atoms in total. The number of hydrogen-bond acceptors (Lipinski definition) is 6. The fraction of sp³-hybridized carbons (Fsp3) is 0.846. The normalized spacial score (nSPS) is 34.6. The van der Waals surface area contributed by atoms with E-state index in [1.165, 1.54) is 13.8 Å². The van der Waals surface area contributed by atoms with Crippen molar-refractivity contribution in [3.05, 3.63) is 0 Å². The number of ether oxygens (including phenoxy) is 4. The van der Waals surface area contributed by atoms with E-state index in [4.69, 9.17) is 18.9 Å². The summed E-state index contributed by atoms with van der Waals surface area (Å²) in [4.78, 5) is 22.1. The molecule has 0 saturated carbocycles. The highest BCUT2D eigenvalue weighted by molar-refractivity contribution is 5.72. The maximum absolute atomic E-state index is 11.2. The van der Waals surface area contributed by atoms with Crippen molar-refractivity contribution in [1.29, 1.82) is 0 Å². The SMILES string of the molecule is CC(=O)NCC[C@H]1O[C@@H]2OC(C)(C)O[C@@H]2[C@@H]1OC(C)=O. The van der Waals surface area contributed by atoms with Crippen molar-refractivity contribution in [3.8, 4) is 0 Å². The van der Waals surface area contributed by atoms with Gasteiger partial charge in [0.15, 0.2) is 24.3 Å². The minimum absolute atomic E-state index is 0.110. The summed E-state index contributed by atoms with van der Waals surface area (Å²) in [5.41, 5.74) is 0. The second-order valence-electron chi connectivity index (χ2n) is 5.49. The fourth-order valence-corrected chi connectivity index (χ4v) is 2.50. The molecule has 0 aromatic heterocycles. The molecule has 0 aliphatic carbocycles. The van der Waals surface area contributed by atoms with Crippen molar-refractivity contribution in [3.63, 3.8) is 0 Å². The minimum atomic E-state index is -0.754. The molecule has 0 unspecified atom stereocenters. The Balaban J connectivity index is 1.98. The molecule has 2 aliphatic rings. The molecule has 0 radical (unpaired) electrons. The molecule has 114 valence electrons. The van der Waals surface area contributed by atoms with E-state index in [1.54, 1.807) is 13.8 Å². The lowest BCUT2D eigenvalue weighted by Crippen LogP contribution is -2.39. The summed E-state index contributed by atoms with van der Waals surface area (Å²) in [6.07, 6.45) is -1.32. The molecule has 7 heteroatoms. The van der Waals surface area contributed by atoms with Crippen LogP contribution in [-0.4, -0.2) is 48.8 Å². The van der Waals surface area contributed by atoms with Gasteiger partial charge in [-0.25, -0.2) is 0 Å². The van der Waals surface area contributed by atoms with Gasteiger partial charge in [-0.3, -0.25) is 9.59 Å². The van der Waals surface area contributed by atoms with Gasteiger partial charge < -0.3 is 24.3 Å². The second-order valence-corrected chi connectivity index (χ2v) is 5.49. The van der Waals surface area contributed by atoms with E-state index in [0.717, 1.165) is 0 Å². The summed E-state index contributed by atoms with van der Waals surface area (Å²) in [7, 11) is 0. The lowest BCUT2D eigenvalue weighted by molar-refractivity contribution is -0.218. The van der Waals surface area contributed by atoms with Crippen LogP contribution in [0.25, 0.3) is 0 Å². The predicted octanol–water partition coefficient (Wildman–Crippen LogP) is 0.321. The first-order valence-electron chi connectivity index (χ1n) is 6.71. The zero-order valence-corrected chi connectivity index (χ0v) is 12.2. The van der Waals surface area contributed by atoms with Gasteiger partial charge in [-0.05, 0) is 20.3 Å². The summed E-state index contributed by atoms with van der Waals surface area (Å²) in [6, 6.07) is 0. The number of carbonyl (C=O) groups excluding carboxylic acids is 2. The van der Waals surface area contributed by atoms with Crippen LogP contribution in [0, 0.1) is 0 Å². The Hall–Kier alpha value is -1.18. The molecule has 2 aliphatic heterocycles. The first-order chi connectivity index (χ1) is 9.28. The van der Waals surface area contributed by atoms with Crippen molar-refractivity contribution >= 4 is 11.9 Å². The molecule has 4 atom stereocenters. The lowest BCUT2D eigenvalue weighted by atomic mass is 10.1. The minimum Gasteiger partial charge on any atom is -0.457 e. The van der Waals surface area contributed by atoms with E-state index in [9.17, 15) is 9.59 Å². The van der Waals surface area contributed by atoms with Gasteiger partial charge in [0.05, 0.1) is 0 Å². The number of hydrogen-bond donors (Lipinski definition) is 1. The summed E-state index contributed by atoms with van der Waals surface area (Å²) in [5, 5.41) is 2.69. The molecule has 2 heterocycles. The summed E-state index contributed by atoms with van der Waals surface area (Å²) >= 11 is 0. The number of fused-ring (bicyclic) bond motifs is 1. The van der Waals surface area contributed by atoms with Gasteiger partial charge in [0.2, 0.25) is 5.91 Å². The third-order valence-corrected chi connectivity index (χ3v) is 3.19. The zero-order valence-electron chi connectivity index (χ0n) is 12.2. The van der Waals surface area contributed by atoms with Crippen LogP contribution in [-0.2, 0) is 28.5 Å². The molecule has 2 rings (SSSR count). The van der Waals surface area contributed by atoms with E-state index in [-0.39, 0.29) is 12.0 Å². The van der Waals surface area contributed by atoms with Crippen LogP contribution in [0.2, 0.25) is 0 Å². The van der Waals surface area contributed by atoms with Crippen LogP contribution >= 0.6 is 0 Å². The third-order valence-electron chi connectivity index (χ3n) is 3.19. The molecule has 0 aromatic carbocycles. The standard InChI is InChI=1S/C13H21NO6/c1-7(15)14-6-5-9-10(17-8(2)16)11-12(18-9)20-13(3,4)19-11/h9-12H,5-6H2,1-4H3,(H,14,15)/t9-,10-,11-,12-/m1/s1. The van der Waals surface area contributed by atoms with Crippen LogP contribution in [0.3, 0.4) is 0 Å². The topological polar surface area (TPSA) is 83.1 Å². The first kappa shape index (κ1) is 15.2. The summed E-state index contributed by atoms with van der Waals surface area (Å²) in [5.74, 6) is -1.26. The van der Waals surface area contributed by atoms with Crippen molar-refractivity contribution in [2.24, 2.45) is 0 Å². The molecule has 2 saturated heterocycles. The maximum Gasteiger partial charge on any atom is 0.303 e. The number of amides is 1. The molecular weight excluding hydrogens is 266 g/mol. The number of esters is 1. The Morgan fingerprint density at radius 1 is 1.25 bits per heavy atom. The van der Waals surface area contributed by atoms with E-state index < -0.39 is 30.3 Å². The Morgan fingerprint density at radius 3 is 2.55 bits per heavy atom. The Kier molecular flexibility index (Phi) is 4.31. The number of nitrogens with one attached hydrogen (secondary N) is 1. The largest absolute Gasteiger partial charge is 0.457 e. The average molecular weight is 287 g/mol. The molecule has 20 heavy (non-hydrogen) atoms. The molecular formula is C13H21NO6. The van der Waals surface area contributed by atoms with Crippen molar-refractivity contribution in [1.82, 2.24) is 5.32 Å². The van der Waals surface area contributed by atoms with Crippen molar-refractivity contribution in [2.75, 3.05) is 6.54 Å². The van der Waals surface area contributed by atoms with Gasteiger partial charge in [0.25, 0.3) is 0 Å². The van der Waals surface area contributed by atoms with Crippen LogP contribution < -0.4 is 5.32 Å². The molecule has 0 bridgehead atoms. The van der Waals surface area contributed by atoms with Crippen LogP contribution in [0.5, 0.6) is 0 Å². The fourth-order valence-electron chi connectivity index (χ4n) is 2.50. The van der Waals surface area contributed by atoms with Crippen LogP contribution in [0.4, 0.5) is 0 Å². The maximum atomic E-state index is 11.2. The molecule has 1 amide bonds. The Labute approximate surface area is 117 Å². The van der Waals surface area contributed by atoms with Gasteiger partial charge >= 0.3 is 5.97 Å². The van der Waals surface area contributed by atoms with Crippen LogP contribution in [0.15, 0.2) is 0 Å². The van der Waals surface area contributed by atoms with Gasteiger partial charge in [-0.1, -0.05) is 0 Å². The van der Waals surface area contributed by atoms with Crippen molar-refractivity contribution in [2.45, 2.75) is 64.5 Å². The molecule has 0 spiro atoms. The highest BCUT2D eigenvalue weighted by Crippen LogP contribution is 2.39. The quantitative estimate of drug-likeness (QED) is 0.750. The third kappa shape index (κ3) is 3.47. The van der Waals surface area contributed by atoms with Crippen molar-refractivity contribution < 1.29 is 28.5 Å². The van der Waals surface area contributed by atoms with Crippen LogP contribution in [0.1, 0.15) is 34.1 Å². The highest BCUT2D eigenvalue weighted by Gasteiger charge is 2.56. The molecule has 2 fully saturated rings. The molecule has 1 N–H and O–H groups in total. The average Bonchev–Trinajstić information content (AvgIpc) is 2.72. The van der Waals surface area contributed by atoms with Gasteiger partial charge in [0, 0.05) is 20.4 Å². The van der Waals surface area contributed by atoms with E-state index in [2.05, 4.69) is 5.32 Å². The highest BCUT2D eigenvalue weighted by atomic mass is 16.8. The first-order valence-corrected chi connectivity index (χ1v) is 6.71. The summed E-state index contributed by atoms with van der Waals surface area (Å²) < 4.78 is 22.4. The van der Waals surface area contributed by atoms with E-state index >= 15 is 0 Å². The van der Waals surface area contributed by atoms with E-state index in [1.807, 2.05) is 0 Å². The second kappa shape index (κ2) is 5.67. The van der Waals surface area contributed by atoms with Gasteiger partial charge in [0.1, 0.15) is 6.10 Å². The predicted molar refractivity (Wildman–Crippen MR) is 67.6 cm³/mol. The zero-order chi connectivity index (χ0) is 14.9. The Morgan fingerprint density at radius 2 is 1.95 bits per heavy atom. The number of carbonyl (C=O) groups is 2. The Bertz CT molecular complexity index is 396. The smallest absolute Gasteiger partial charge is 0.303 e. The summed E-state index contributed by atoms with van der Waals surface area (Å²) in [6.45, 7) is 6.81. The number of rotatable bonds is 4. The van der Waals surface area contributed by atoms with Gasteiger partial charge in [-0.15, -0.1) is 0 Å². The monoisotopic (exact) mass is 287 g/mol. The van der Waals surface area contributed by atoms with E-state index in [0.29, 0.717) is 13.0 Å².